The molecule has 3 aromatic rings. The van der Waals surface area contributed by atoms with Crippen molar-refractivity contribution in [3.8, 4) is 5.69 Å². The molecule has 1 amide bonds. The molecular formula is C16H10F5N3OS2. The van der Waals surface area contributed by atoms with E-state index < -0.39 is 23.4 Å². The summed E-state index contributed by atoms with van der Waals surface area (Å²) in [7, 11) is 0. The van der Waals surface area contributed by atoms with Gasteiger partial charge in [-0.1, -0.05) is 17.8 Å². The monoisotopic (exact) mass is 419 g/mol. The van der Waals surface area contributed by atoms with Crippen LogP contribution in [0.2, 0.25) is 0 Å². The van der Waals surface area contributed by atoms with Gasteiger partial charge in [0.15, 0.2) is 0 Å². The fourth-order valence-electron chi connectivity index (χ4n) is 2.19. The Kier molecular flexibility index (Phi) is 5.51. The summed E-state index contributed by atoms with van der Waals surface area (Å²) in [6.45, 7) is 0. The molecule has 0 fully saturated rings. The molecule has 0 radical (unpaired) electrons. The lowest BCUT2D eigenvalue weighted by Crippen LogP contribution is -2.10. The Balaban J connectivity index is 1.77. The van der Waals surface area contributed by atoms with Crippen molar-refractivity contribution in [2.45, 2.75) is 16.8 Å². The minimum atomic E-state index is -4.49. The number of nitrogens with one attached hydrogen (secondary N) is 1. The van der Waals surface area contributed by atoms with Crippen LogP contribution in [0.4, 0.5) is 27.6 Å². The Morgan fingerprint density at radius 3 is 2.74 bits per heavy atom. The summed E-state index contributed by atoms with van der Waals surface area (Å²) in [6, 6.07) is 5.97. The van der Waals surface area contributed by atoms with Gasteiger partial charge in [0.25, 0.3) is 11.7 Å². The maximum Gasteiger partial charge on any atom is 0.416 e. The van der Waals surface area contributed by atoms with Crippen LogP contribution >= 0.6 is 23.1 Å². The van der Waals surface area contributed by atoms with Gasteiger partial charge in [0.1, 0.15) is 4.88 Å². The van der Waals surface area contributed by atoms with Gasteiger partial charge in [0, 0.05) is 4.90 Å². The zero-order valence-electron chi connectivity index (χ0n) is 13.2. The Hall–Kier alpha value is -2.40. The van der Waals surface area contributed by atoms with Gasteiger partial charge in [0.2, 0.25) is 0 Å². The molecule has 2 heterocycles. The molecule has 1 aromatic carbocycles. The van der Waals surface area contributed by atoms with Gasteiger partial charge >= 0.3 is 6.18 Å². The number of benzene rings is 1. The molecule has 3 rings (SSSR count). The number of hydrogen-bond acceptors (Lipinski definition) is 4. The molecule has 27 heavy (non-hydrogen) atoms. The van der Waals surface area contributed by atoms with Crippen molar-refractivity contribution in [1.82, 2.24) is 9.78 Å². The molecule has 0 aliphatic heterocycles. The van der Waals surface area contributed by atoms with Crippen LogP contribution < -0.4 is 5.32 Å². The second-order valence-corrected chi connectivity index (χ2v) is 7.12. The minimum Gasteiger partial charge on any atom is -0.319 e. The summed E-state index contributed by atoms with van der Waals surface area (Å²) in [5, 5.41) is 7.95. The molecule has 0 saturated carbocycles. The van der Waals surface area contributed by atoms with Crippen molar-refractivity contribution >= 4 is 34.7 Å². The number of amides is 1. The number of halogens is 5. The zero-order chi connectivity index (χ0) is 19.6. The molecule has 0 unspecified atom stereocenters. The lowest BCUT2D eigenvalue weighted by molar-refractivity contribution is -0.137. The number of thioether (sulfide) groups is 1. The Morgan fingerprint density at radius 2 is 2.04 bits per heavy atom. The maximum atomic E-state index is 12.8. The van der Waals surface area contributed by atoms with Crippen molar-refractivity contribution < 1.29 is 26.7 Å². The minimum absolute atomic E-state index is 0.118. The highest BCUT2D eigenvalue weighted by atomic mass is 32.2. The van der Waals surface area contributed by atoms with Gasteiger partial charge in [-0.2, -0.15) is 27.1 Å². The molecule has 0 saturated heterocycles. The van der Waals surface area contributed by atoms with E-state index in [1.165, 1.54) is 40.7 Å². The summed E-state index contributed by atoms with van der Waals surface area (Å²) >= 11 is 1.27. The number of rotatable bonds is 5. The molecular weight excluding hydrogens is 409 g/mol. The smallest absolute Gasteiger partial charge is 0.319 e. The number of alkyl halides is 5. The summed E-state index contributed by atoms with van der Waals surface area (Å²) in [4.78, 5) is 12.5. The summed E-state index contributed by atoms with van der Waals surface area (Å²) in [6.07, 6.45) is -1.90. The molecule has 142 valence electrons. The van der Waals surface area contributed by atoms with Gasteiger partial charge < -0.3 is 5.32 Å². The number of aromatic nitrogens is 2. The van der Waals surface area contributed by atoms with Crippen LogP contribution in [0.3, 0.4) is 0 Å². The van der Waals surface area contributed by atoms with E-state index in [2.05, 4.69) is 10.4 Å². The predicted octanol–water partition coefficient (Wildman–Crippen LogP) is 5.52. The third-order valence-electron chi connectivity index (χ3n) is 3.33. The van der Waals surface area contributed by atoms with E-state index in [1.807, 2.05) is 0 Å². The van der Waals surface area contributed by atoms with Crippen molar-refractivity contribution in [3.05, 3.63) is 58.5 Å². The summed E-state index contributed by atoms with van der Waals surface area (Å²) in [5.74, 6) is -3.26. The molecule has 11 heteroatoms. The molecule has 1 N–H and O–H groups in total. The average molecular weight is 419 g/mol. The standard InChI is InChI=1S/C16H10F5N3OS2/c17-15(18)27-12-4-5-26-13(12)14(25)23-10-7-22-24(8-10)11-3-1-2-9(6-11)16(19,20)21/h1-8,15H,(H,23,25). The predicted molar refractivity (Wildman–Crippen MR) is 92.7 cm³/mol. The average Bonchev–Trinajstić information content (AvgIpc) is 3.23. The van der Waals surface area contributed by atoms with E-state index in [-0.39, 0.29) is 32.9 Å². The van der Waals surface area contributed by atoms with Gasteiger partial charge in [-0.3, -0.25) is 4.79 Å². The number of nitrogens with zero attached hydrogens (tertiary/aromatic N) is 2. The van der Waals surface area contributed by atoms with Gasteiger partial charge in [-0.05, 0) is 29.6 Å². The second-order valence-electron chi connectivity index (χ2n) is 5.17. The Bertz CT molecular complexity index is 951. The van der Waals surface area contributed by atoms with Crippen molar-refractivity contribution in [1.29, 1.82) is 0 Å². The Morgan fingerprint density at radius 1 is 1.26 bits per heavy atom. The van der Waals surface area contributed by atoms with Gasteiger partial charge in [0.05, 0.1) is 29.3 Å². The third-order valence-corrected chi connectivity index (χ3v) is 5.14. The molecule has 0 aliphatic rings. The maximum absolute atomic E-state index is 12.8. The highest BCUT2D eigenvalue weighted by Gasteiger charge is 2.30. The van der Waals surface area contributed by atoms with Crippen LogP contribution in [0.25, 0.3) is 5.69 Å². The van der Waals surface area contributed by atoms with Crippen molar-refractivity contribution in [2.75, 3.05) is 5.32 Å². The van der Waals surface area contributed by atoms with E-state index in [9.17, 15) is 26.7 Å². The lowest BCUT2D eigenvalue weighted by atomic mass is 10.2. The van der Waals surface area contributed by atoms with Crippen LogP contribution in [-0.4, -0.2) is 21.4 Å². The summed E-state index contributed by atoms with van der Waals surface area (Å²) in [5.41, 5.74) is -0.442. The largest absolute Gasteiger partial charge is 0.416 e. The topological polar surface area (TPSA) is 46.9 Å². The van der Waals surface area contributed by atoms with E-state index in [0.29, 0.717) is 0 Å². The molecule has 0 bridgehead atoms. The van der Waals surface area contributed by atoms with Crippen LogP contribution in [0.5, 0.6) is 0 Å². The van der Waals surface area contributed by atoms with Gasteiger partial charge in [-0.15, -0.1) is 11.3 Å². The molecule has 0 atom stereocenters. The fourth-order valence-corrected chi connectivity index (χ4v) is 3.79. The quantitative estimate of drug-likeness (QED) is 0.438. The van der Waals surface area contributed by atoms with Gasteiger partial charge in [-0.25, -0.2) is 4.68 Å². The van der Waals surface area contributed by atoms with Crippen molar-refractivity contribution in [2.24, 2.45) is 0 Å². The molecule has 2 aromatic heterocycles. The van der Waals surface area contributed by atoms with Crippen LogP contribution in [-0.2, 0) is 6.18 Å². The van der Waals surface area contributed by atoms with Crippen LogP contribution in [0.15, 0.2) is 53.0 Å². The first kappa shape index (κ1) is 19.4. The molecule has 0 spiro atoms. The van der Waals surface area contributed by atoms with E-state index >= 15 is 0 Å². The number of carbonyl (C=O) groups excluding carboxylic acids is 1. The molecule has 0 aliphatic carbocycles. The third kappa shape index (κ3) is 4.66. The first-order chi connectivity index (χ1) is 12.7. The van der Waals surface area contributed by atoms with Crippen LogP contribution in [0, 0.1) is 0 Å². The number of thiophene rings is 1. The summed E-state index contributed by atoms with van der Waals surface area (Å²) < 4.78 is 64.6. The van der Waals surface area contributed by atoms with E-state index in [4.69, 9.17) is 0 Å². The first-order valence-corrected chi connectivity index (χ1v) is 9.06. The number of anilines is 1. The first-order valence-electron chi connectivity index (χ1n) is 7.30. The SMILES string of the molecule is O=C(Nc1cnn(-c2cccc(C(F)(F)F)c2)c1)c1sccc1SC(F)F. The fraction of sp³-hybridized carbons (Fsp3) is 0.125. The molecule has 4 nitrogen and oxygen atoms in total. The highest BCUT2D eigenvalue weighted by molar-refractivity contribution is 7.99. The Labute approximate surface area is 158 Å². The number of hydrogen-bond donors (Lipinski definition) is 1. The lowest BCUT2D eigenvalue weighted by Gasteiger charge is -2.08. The second kappa shape index (κ2) is 7.69. The van der Waals surface area contributed by atoms with Crippen LogP contribution in [0.1, 0.15) is 15.2 Å². The zero-order valence-corrected chi connectivity index (χ0v) is 14.8. The normalized spacial score (nSPS) is 11.8. The highest BCUT2D eigenvalue weighted by Crippen LogP contribution is 2.33. The number of carbonyl (C=O) groups is 1. The van der Waals surface area contributed by atoms with Crippen molar-refractivity contribution in [3.63, 3.8) is 0 Å². The van der Waals surface area contributed by atoms with E-state index in [1.54, 1.807) is 0 Å². The van der Waals surface area contributed by atoms with E-state index in [0.717, 1.165) is 23.5 Å².